The fourth-order valence-corrected chi connectivity index (χ4v) is 2.43. The third-order valence-corrected chi connectivity index (χ3v) is 3.49. The van der Waals surface area contributed by atoms with Gasteiger partial charge in [0.25, 0.3) is 0 Å². The molecule has 0 heterocycles. The molecule has 1 saturated carbocycles. The van der Waals surface area contributed by atoms with Crippen LogP contribution in [0.4, 0.5) is 0 Å². The van der Waals surface area contributed by atoms with Crippen LogP contribution in [0.1, 0.15) is 43.2 Å². The minimum absolute atomic E-state index is 0.366. The number of aliphatic carboxylic acids is 1. The molecule has 1 N–H and O–H groups in total. The lowest BCUT2D eigenvalue weighted by atomic mass is 9.98. The number of carbonyl (C=O) groups is 1. The number of rotatable bonds is 5. The first kappa shape index (κ1) is 13.8. The van der Waals surface area contributed by atoms with E-state index in [1.807, 2.05) is 24.3 Å². The molecule has 0 bridgehead atoms. The molecular weight excluding hydrogens is 240 g/mol. The first-order chi connectivity index (χ1) is 9.25. The highest BCUT2D eigenvalue weighted by molar-refractivity contribution is 5.85. The molecule has 1 aliphatic carbocycles. The van der Waals surface area contributed by atoms with Crippen molar-refractivity contribution in [3.05, 3.63) is 41.5 Å². The zero-order valence-corrected chi connectivity index (χ0v) is 11.0. The van der Waals surface area contributed by atoms with Crippen LogP contribution in [0.15, 0.2) is 30.3 Å². The molecule has 3 nitrogen and oxygen atoms in total. The molecule has 2 rings (SSSR count). The van der Waals surface area contributed by atoms with Gasteiger partial charge in [0.05, 0.1) is 12.7 Å². The molecule has 1 aromatic carbocycles. The Kier molecular flexibility index (Phi) is 5.16. The van der Waals surface area contributed by atoms with Crippen molar-refractivity contribution in [2.24, 2.45) is 0 Å². The van der Waals surface area contributed by atoms with E-state index in [0.717, 1.165) is 24.0 Å². The van der Waals surface area contributed by atoms with Crippen LogP contribution < -0.4 is 0 Å². The predicted molar refractivity (Wildman–Crippen MR) is 74.8 cm³/mol. The quantitative estimate of drug-likeness (QED) is 0.822. The highest BCUT2D eigenvalue weighted by atomic mass is 16.5. The van der Waals surface area contributed by atoms with E-state index in [0.29, 0.717) is 12.7 Å². The van der Waals surface area contributed by atoms with Gasteiger partial charge in [0, 0.05) is 6.08 Å². The molecule has 3 heteroatoms. The summed E-state index contributed by atoms with van der Waals surface area (Å²) in [5.41, 5.74) is 1.96. The maximum Gasteiger partial charge on any atom is 0.328 e. The molecule has 0 saturated heterocycles. The lowest BCUT2D eigenvalue weighted by molar-refractivity contribution is -0.131. The van der Waals surface area contributed by atoms with Gasteiger partial charge in [0.2, 0.25) is 0 Å². The summed E-state index contributed by atoms with van der Waals surface area (Å²) < 4.78 is 5.94. The van der Waals surface area contributed by atoms with Gasteiger partial charge in [-0.2, -0.15) is 0 Å². The molecular formula is C16H20O3. The van der Waals surface area contributed by atoms with E-state index in [9.17, 15) is 4.79 Å². The second-order valence-corrected chi connectivity index (χ2v) is 4.94. The summed E-state index contributed by atoms with van der Waals surface area (Å²) in [7, 11) is 0. The minimum atomic E-state index is -0.928. The summed E-state index contributed by atoms with van der Waals surface area (Å²) in [6.45, 7) is 0.560. The zero-order valence-electron chi connectivity index (χ0n) is 11.0. The molecule has 0 aliphatic heterocycles. The summed E-state index contributed by atoms with van der Waals surface area (Å²) in [5.74, 6) is -0.928. The third kappa shape index (κ3) is 4.52. The Hall–Kier alpha value is -1.61. The Bertz CT molecular complexity index is 445. The van der Waals surface area contributed by atoms with E-state index < -0.39 is 5.97 Å². The zero-order chi connectivity index (χ0) is 13.5. The molecule has 19 heavy (non-hydrogen) atoms. The molecule has 1 aromatic rings. The van der Waals surface area contributed by atoms with Crippen LogP contribution in [0.5, 0.6) is 0 Å². The number of hydrogen-bond acceptors (Lipinski definition) is 2. The summed E-state index contributed by atoms with van der Waals surface area (Å²) >= 11 is 0. The number of carboxylic acids is 1. The Balaban J connectivity index is 1.96. The molecule has 0 aromatic heterocycles. The van der Waals surface area contributed by atoms with Gasteiger partial charge in [-0.15, -0.1) is 0 Å². The van der Waals surface area contributed by atoms with Crippen LogP contribution in [0.2, 0.25) is 0 Å². The molecule has 0 unspecified atom stereocenters. The van der Waals surface area contributed by atoms with Crippen molar-refractivity contribution >= 4 is 12.0 Å². The first-order valence-electron chi connectivity index (χ1n) is 6.86. The average Bonchev–Trinajstić information content (AvgIpc) is 2.45. The van der Waals surface area contributed by atoms with Gasteiger partial charge in [-0.1, -0.05) is 43.5 Å². The summed E-state index contributed by atoms with van der Waals surface area (Å²) in [5, 5.41) is 8.68. The number of ether oxygens (including phenoxy) is 1. The maximum absolute atomic E-state index is 10.6. The van der Waals surface area contributed by atoms with E-state index >= 15 is 0 Å². The number of benzene rings is 1. The van der Waals surface area contributed by atoms with Gasteiger partial charge in [-0.3, -0.25) is 0 Å². The Morgan fingerprint density at radius 3 is 2.74 bits per heavy atom. The van der Waals surface area contributed by atoms with Crippen LogP contribution in [-0.4, -0.2) is 17.2 Å². The van der Waals surface area contributed by atoms with E-state index in [2.05, 4.69) is 0 Å². The summed E-state index contributed by atoms with van der Waals surface area (Å²) in [6.07, 6.45) is 9.28. The smallest absolute Gasteiger partial charge is 0.328 e. The van der Waals surface area contributed by atoms with Gasteiger partial charge in [0.15, 0.2) is 0 Å². The van der Waals surface area contributed by atoms with Crippen molar-refractivity contribution < 1.29 is 14.6 Å². The first-order valence-corrected chi connectivity index (χ1v) is 6.86. The standard InChI is InChI=1S/C16H20O3/c17-16(18)11-10-13-6-4-5-7-14(13)12-19-15-8-2-1-3-9-15/h4-7,10-11,15H,1-3,8-9,12H2,(H,17,18). The summed E-state index contributed by atoms with van der Waals surface area (Å²) in [6, 6.07) is 7.77. The monoisotopic (exact) mass is 260 g/mol. The van der Waals surface area contributed by atoms with Crippen molar-refractivity contribution in [3.63, 3.8) is 0 Å². The fraction of sp³-hybridized carbons (Fsp3) is 0.438. The Morgan fingerprint density at radius 2 is 2.00 bits per heavy atom. The van der Waals surface area contributed by atoms with E-state index in [-0.39, 0.29) is 0 Å². The highest BCUT2D eigenvalue weighted by Crippen LogP contribution is 2.22. The number of carboxylic acid groups (broad SMARTS) is 1. The molecule has 0 spiro atoms. The molecule has 102 valence electrons. The Morgan fingerprint density at radius 1 is 1.26 bits per heavy atom. The highest BCUT2D eigenvalue weighted by Gasteiger charge is 2.14. The normalized spacial score (nSPS) is 16.8. The van der Waals surface area contributed by atoms with Crippen molar-refractivity contribution in [2.45, 2.75) is 44.8 Å². The second-order valence-electron chi connectivity index (χ2n) is 4.94. The van der Waals surface area contributed by atoms with Crippen molar-refractivity contribution in [1.82, 2.24) is 0 Å². The second kappa shape index (κ2) is 7.10. The third-order valence-electron chi connectivity index (χ3n) is 3.49. The van der Waals surface area contributed by atoms with Gasteiger partial charge < -0.3 is 9.84 Å². The number of hydrogen-bond donors (Lipinski definition) is 1. The lowest BCUT2D eigenvalue weighted by Gasteiger charge is -2.22. The van der Waals surface area contributed by atoms with Crippen LogP contribution in [0.3, 0.4) is 0 Å². The largest absolute Gasteiger partial charge is 0.478 e. The molecule has 0 amide bonds. The maximum atomic E-state index is 10.6. The SMILES string of the molecule is O=C(O)C=Cc1ccccc1COC1CCCCC1. The van der Waals surface area contributed by atoms with Crippen LogP contribution in [-0.2, 0) is 16.1 Å². The van der Waals surface area contributed by atoms with Gasteiger partial charge >= 0.3 is 5.97 Å². The minimum Gasteiger partial charge on any atom is -0.478 e. The lowest BCUT2D eigenvalue weighted by Crippen LogP contribution is -2.16. The predicted octanol–water partition coefficient (Wildman–Crippen LogP) is 3.63. The van der Waals surface area contributed by atoms with Crippen molar-refractivity contribution in [2.75, 3.05) is 0 Å². The van der Waals surface area contributed by atoms with E-state index in [1.165, 1.54) is 25.3 Å². The van der Waals surface area contributed by atoms with Crippen molar-refractivity contribution in [1.29, 1.82) is 0 Å². The van der Waals surface area contributed by atoms with Crippen LogP contribution in [0.25, 0.3) is 6.08 Å². The Labute approximate surface area is 113 Å². The van der Waals surface area contributed by atoms with Crippen molar-refractivity contribution in [3.8, 4) is 0 Å². The summed E-state index contributed by atoms with van der Waals surface area (Å²) in [4.78, 5) is 10.6. The average molecular weight is 260 g/mol. The fourth-order valence-electron chi connectivity index (χ4n) is 2.43. The molecule has 1 aliphatic rings. The molecule has 0 atom stereocenters. The van der Waals surface area contributed by atoms with Crippen LogP contribution >= 0.6 is 0 Å². The van der Waals surface area contributed by atoms with E-state index in [1.54, 1.807) is 6.08 Å². The van der Waals surface area contributed by atoms with Gasteiger partial charge in [-0.25, -0.2) is 4.79 Å². The van der Waals surface area contributed by atoms with Gasteiger partial charge in [-0.05, 0) is 30.0 Å². The molecule has 1 fully saturated rings. The van der Waals surface area contributed by atoms with Crippen LogP contribution in [0, 0.1) is 0 Å². The van der Waals surface area contributed by atoms with E-state index in [4.69, 9.17) is 9.84 Å². The molecule has 0 radical (unpaired) electrons. The topological polar surface area (TPSA) is 46.5 Å². The van der Waals surface area contributed by atoms with Gasteiger partial charge in [0.1, 0.15) is 0 Å².